The number of guanidine groups is 1. The molecule has 0 aliphatic rings. The van der Waals surface area contributed by atoms with Crippen molar-refractivity contribution in [2.45, 2.75) is 79.2 Å². The molecule has 1 aromatic rings. The first-order chi connectivity index (χ1) is 11.6. The summed E-state index contributed by atoms with van der Waals surface area (Å²) in [5.74, 6) is 0.137. The molecule has 1 rings (SSSR count). The molecular weight excluding hydrogens is 407 g/mol. The number of unbranched alkanes of at least 4 members (excludes halogenated alkanes) is 3. The predicted molar refractivity (Wildman–Crippen MR) is 105 cm³/mol. The number of hydrogen-bond donors (Lipinski definition) is 2. The van der Waals surface area contributed by atoms with E-state index in [0.29, 0.717) is 13.1 Å². The van der Waals surface area contributed by atoms with Crippen molar-refractivity contribution in [1.82, 2.24) is 15.0 Å². The summed E-state index contributed by atoms with van der Waals surface area (Å²) in [6.45, 7) is 8.14. The van der Waals surface area contributed by atoms with Gasteiger partial charge in [-0.1, -0.05) is 0 Å². The molecule has 0 aliphatic heterocycles. The maximum absolute atomic E-state index is 5.39. The number of hydrogen-bond acceptors (Lipinski definition) is 3. The van der Waals surface area contributed by atoms with Gasteiger partial charge < -0.3 is 0 Å². The minimum absolute atomic E-state index is 0.137. The second-order valence-electron chi connectivity index (χ2n) is 6.76. The van der Waals surface area contributed by atoms with E-state index in [0.717, 1.165) is 0 Å². The van der Waals surface area contributed by atoms with E-state index in [1.807, 2.05) is 4.68 Å². The van der Waals surface area contributed by atoms with Gasteiger partial charge in [-0.3, -0.25) is 0 Å². The number of nitrogens with two attached hydrogens (primary N) is 2. The molecule has 0 aliphatic carbocycles. The fraction of sp³-hybridized carbons (Fsp3) is 0.824. The first-order valence-corrected chi connectivity index (χ1v) is 17.0. The van der Waals surface area contributed by atoms with Gasteiger partial charge in [0.1, 0.15) is 0 Å². The fourth-order valence-electron chi connectivity index (χ4n) is 3.24. The van der Waals surface area contributed by atoms with E-state index < -0.39 is 18.4 Å². The Labute approximate surface area is 151 Å². The molecule has 0 radical (unpaired) electrons. The molecule has 0 saturated carbocycles. The van der Waals surface area contributed by atoms with Crippen LogP contribution in [0.4, 0.5) is 0 Å². The third kappa shape index (κ3) is 6.99. The molecule has 6 nitrogen and oxygen atoms in total. The molecule has 4 N–H and O–H groups in total. The molecule has 0 bridgehead atoms. The molecule has 24 heavy (non-hydrogen) atoms. The van der Waals surface area contributed by atoms with Crippen LogP contribution in [0.15, 0.2) is 11.2 Å². The van der Waals surface area contributed by atoms with Crippen LogP contribution in [0.1, 0.15) is 59.3 Å². The van der Waals surface area contributed by atoms with Gasteiger partial charge in [0, 0.05) is 0 Å². The van der Waals surface area contributed by atoms with Crippen LogP contribution in [0.5, 0.6) is 0 Å². The molecule has 1 aromatic heterocycles. The standard InChI is InChI=1S/C5H9N6.3C4H9.Sn/c6-5(7)8-1-3-11-4-2-9-10-11;3*1-3-4-2;/h4H,1,3H2,(H4,6,7,8);3*1,3-4H2,2H3;. The minimum atomic E-state index is -2.44. The first-order valence-electron chi connectivity index (χ1n) is 9.54. The number of aliphatic imine (C=N–C) groups is 1. The number of nitrogens with zero attached hydrogens (tertiary/aromatic N) is 4. The van der Waals surface area contributed by atoms with Gasteiger partial charge in [-0.15, -0.1) is 0 Å². The van der Waals surface area contributed by atoms with Crippen LogP contribution in [0.25, 0.3) is 0 Å². The molecule has 0 atom stereocenters. The van der Waals surface area contributed by atoms with Crippen LogP contribution in [0.2, 0.25) is 13.3 Å². The third-order valence-electron chi connectivity index (χ3n) is 4.73. The number of rotatable bonds is 13. The van der Waals surface area contributed by atoms with Crippen molar-refractivity contribution in [1.29, 1.82) is 0 Å². The van der Waals surface area contributed by atoms with Gasteiger partial charge in [0.05, 0.1) is 0 Å². The average Bonchev–Trinajstić information content (AvgIpc) is 3.03. The summed E-state index contributed by atoms with van der Waals surface area (Å²) in [7, 11) is 0. The quantitative estimate of drug-likeness (QED) is 0.279. The van der Waals surface area contributed by atoms with E-state index >= 15 is 0 Å². The van der Waals surface area contributed by atoms with Gasteiger partial charge >= 0.3 is 151 Å². The van der Waals surface area contributed by atoms with Crippen molar-refractivity contribution >= 4 is 28.0 Å². The van der Waals surface area contributed by atoms with Crippen LogP contribution in [-0.2, 0) is 6.54 Å². The molecule has 0 amide bonds. The Balaban J connectivity index is 2.93. The summed E-state index contributed by atoms with van der Waals surface area (Å²) < 4.78 is 7.54. The molecule has 0 saturated heterocycles. The second-order valence-corrected chi connectivity index (χ2v) is 19.8. The van der Waals surface area contributed by atoms with Gasteiger partial charge in [0.25, 0.3) is 0 Å². The van der Waals surface area contributed by atoms with E-state index in [9.17, 15) is 0 Å². The Morgan fingerprint density at radius 1 is 1.04 bits per heavy atom. The van der Waals surface area contributed by atoms with Gasteiger partial charge in [-0.25, -0.2) is 0 Å². The summed E-state index contributed by atoms with van der Waals surface area (Å²) >= 11 is -2.44. The number of aromatic nitrogens is 3. The van der Waals surface area contributed by atoms with Gasteiger partial charge in [0.2, 0.25) is 0 Å². The summed E-state index contributed by atoms with van der Waals surface area (Å²) in [5.41, 5.74) is 10.8. The zero-order valence-electron chi connectivity index (χ0n) is 15.8. The molecule has 0 aromatic carbocycles. The Kier molecular flexibility index (Phi) is 10.4. The molecule has 0 unspecified atom stereocenters. The molecule has 0 spiro atoms. The fourth-order valence-corrected chi connectivity index (χ4v) is 18.3. The van der Waals surface area contributed by atoms with Crippen molar-refractivity contribution in [3.8, 4) is 0 Å². The summed E-state index contributed by atoms with van der Waals surface area (Å²) in [5, 5.41) is 9.01. The molecule has 0 fully saturated rings. The van der Waals surface area contributed by atoms with Crippen molar-refractivity contribution in [3.63, 3.8) is 0 Å². The Hall–Kier alpha value is -0.791. The molecule has 7 heteroatoms. The van der Waals surface area contributed by atoms with Crippen LogP contribution in [-0.4, -0.2) is 45.9 Å². The first kappa shape index (κ1) is 21.3. The summed E-state index contributed by atoms with van der Waals surface area (Å²) in [4.78, 5) is 4.04. The van der Waals surface area contributed by atoms with E-state index in [1.165, 1.54) is 55.5 Å². The normalized spacial score (nSPS) is 11.6. The Morgan fingerprint density at radius 2 is 1.58 bits per heavy atom. The van der Waals surface area contributed by atoms with Gasteiger partial charge in [0.15, 0.2) is 0 Å². The predicted octanol–water partition coefficient (Wildman–Crippen LogP) is 2.61. The zero-order valence-corrected chi connectivity index (χ0v) is 18.7. The van der Waals surface area contributed by atoms with Crippen molar-refractivity contribution < 1.29 is 0 Å². The maximum atomic E-state index is 5.39. The monoisotopic (exact) mass is 444 g/mol. The summed E-state index contributed by atoms with van der Waals surface area (Å²) in [6.07, 6.45) is 10.0. The molecular formula is C17H36N6Sn. The zero-order chi connectivity index (χ0) is 17.8. The van der Waals surface area contributed by atoms with Crippen LogP contribution in [0, 0.1) is 0 Å². The van der Waals surface area contributed by atoms with Gasteiger partial charge in [-0.2, -0.15) is 0 Å². The molecule has 138 valence electrons. The van der Waals surface area contributed by atoms with E-state index in [2.05, 4.69) is 42.3 Å². The van der Waals surface area contributed by atoms with E-state index in [1.54, 1.807) is 0 Å². The second kappa shape index (κ2) is 11.7. The van der Waals surface area contributed by atoms with E-state index in [-0.39, 0.29) is 5.96 Å². The van der Waals surface area contributed by atoms with Crippen molar-refractivity contribution in [2.75, 3.05) is 6.54 Å². The third-order valence-corrected chi connectivity index (χ3v) is 19.7. The average molecular weight is 443 g/mol. The van der Waals surface area contributed by atoms with E-state index in [4.69, 9.17) is 11.5 Å². The SMILES string of the molecule is CCC[CH2][Sn]([CH2]CCC)([CH2]CCC)[c]1cn(CCN=C(N)N)nn1. The molecule has 1 heterocycles. The van der Waals surface area contributed by atoms with Crippen molar-refractivity contribution in [2.24, 2.45) is 16.5 Å². The Morgan fingerprint density at radius 3 is 2.04 bits per heavy atom. The van der Waals surface area contributed by atoms with Gasteiger partial charge in [-0.05, 0) is 0 Å². The summed E-state index contributed by atoms with van der Waals surface area (Å²) in [6, 6.07) is 0. The van der Waals surface area contributed by atoms with Crippen LogP contribution < -0.4 is 15.2 Å². The Bertz CT molecular complexity index is 459. The van der Waals surface area contributed by atoms with Crippen molar-refractivity contribution in [3.05, 3.63) is 6.20 Å². The topological polar surface area (TPSA) is 95.1 Å². The van der Waals surface area contributed by atoms with Crippen LogP contribution in [0.3, 0.4) is 0 Å². The van der Waals surface area contributed by atoms with Crippen LogP contribution >= 0.6 is 0 Å².